The van der Waals surface area contributed by atoms with Crippen LogP contribution in [0.2, 0.25) is 0 Å². The molecule has 0 fully saturated rings. The molecular formula is C20H28N4O2. The summed E-state index contributed by atoms with van der Waals surface area (Å²) in [5.41, 5.74) is 1.02. The highest BCUT2D eigenvalue weighted by atomic mass is 16.5. The van der Waals surface area contributed by atoms with E-state index >= 15 is 0 Å². The van der Waals surface area contributed by atoms with Gasteiger partial charge in [-0.05, 0) is 31.0 Å². The van der Waals surface area contributed by atoms with E-state index in [9.17, 15) is 0 Å². The van der Waals surface area contributed by atoms with Crippen molar-refractivity contribution in [1.29, 1.82) is 0 Å². The van der Waals surface area contributed by atoms with Gasteiger partial charge in [-0.2, -0.15) is 0 Å². The van der Waals surface area contributed by atoms with Gasteiger partial charge >= 0.3 is 0 Å². The molecule has 0 unspecified atom stereocenters. The maximum atomic E-state index is 5.75. The first kappa shape index (κ1) is 19.6. The average Bonchev–Trinajstić information content (AvgIpc) is 2.67. The molecule has 0 saturated heterocycles. The summed E-state index contributed by atoms with van der Waals surface area (Å²) in [5.74, 6) is 2.81. The summed E-state index contributed by atoms with van der Waals surface area (Å²) < 4.78 is 10.9. The molecule has 0 amide bonds. The van der Waals surface area contributed by atoms with E-state index in [1.807, 2.05) is 36.4 Å². The topological polar surface area (TPSA) is 67.8 Å². The number of benzene rings is 1. The number of hydrogen-bond donors (Lipinski definition) is 2. The Morgan fingerprint density at radius 1 is 1.12 bits per heavy atom. The summed E-state index contributed by atoms with van der Waals surface area (Å²) in [5, 5.41) is 6.58. The van der Waals surface area contributed by atoms with Gasteiger partial charge in [0.1, 0.15) is 11.5 Å². The highest BCUT2D eigenvalue weighted by Gasteiger charge is 2.02. The van der Waals surface area contributed by atoms with Crippen LogP contribution in [0.15, 0.2) is 47.6 Å². The molecule has 0 saturated carbocycles. The van der Waals surface area contributed by atoms with Crippen LogP contribution in [-0.4, -0.2) is 31.1 Å². The van der Waals surface area contributed by atoms with Crippen LogP contribution >= 0.6 is 0 Å². The number of ether oxygens (including phenoxy) is 2. The van der Waals surface area contributed by atoms with Crippen LogP contribution in [-0.2, 0) is 6.54 Å². The zero-order valence-electron chi connectivity index (χ0n) is 15.8. The third-order valence-electron chi connectivity index (χ3n) is 3.65. The quantitative estimate of drug-likeness (QED) is 0.407. The minimum Gasteiger partial charge on any atom is -0.497 e. The molecule has 0 aliphatic rings. The van der Waals surface area contributed by atoms with Crippen molar-refractivity contribution >= 4 is 5.96 Å². The summed E-state index contributed by atoms with van der Waals surface area (Å²) in [6.07, 6.45) is 4.07. The lowest BCUT2D eigenvalue weighted by atomic mass is 10.3. The van der Waals surface area contributed by atoms with Crippen molar-refractivity contribution < 1.29 is 9.47 Å². The molecule has 0 atom stereocenters. The Bertz CT molecular complexity index is 686. The number of rotatable bonds is 9. The maximum absolute atomic E-state index is 5.75. The summed E-state index contributed by atoms with van der Waals surface area (Å²) >= 11 is 0. The van der Waals surface area contributed by atoms with E-state index in [1.165, 1.54) is 0 Å². The Balaban J connectivity index is 1.93. The number of aliphatic imine (C=N–C) groups is 1. The van der Waals surface area contributed by atoms with Crippen molar-refractivity contribution in [3.8, 4) is 17.4 Å². The first-order valence-electron chi connectivity index (χ1n) is 9.04. The second kappa shape index (κ2) is 11.0. The normalized spacial score (nSPS) is 11.1. The lowest BCUT2D eigenvalue weighted by Gasteiger charge is -2.11. The Labute approximate surface area is 155 Å². The monoisotopic (exact) mass is 356 g/mol. The van der Waals surface area contributed by atoms with E-state index in [0.29, 0.717) is 18.2 Å². The van der Waals surface area contributed by atoms with Gasteiger partial charge < -0.3 is 20.1 Å². The van der Waals surface area contributed by atoms with Gasteiger partial charge in [-0.25, -0.2) is 9.98 Å². The van der Waals surface area contributed by atoms with Crippen LogP contribution in [0.5, 0.6) is 17.4 Å². The minimum atomic E-state index is 0.541. The molecule has 6 nitrogen and oxygen atoms in total. The molecular weight excluding hydrogens is 328 g/mol. The van der Waals surface area contributed by atoms with E-state index in [2.05, 4.69) is 34.5 Å². The molecule has 26 heavy (non-hydrogen) atoms. The van der Waals surface area contributed by atoms with Crippen LogP contribution in [0.4, 0.5) is 0 Å². The van der Waals surface area contributed by atoms with Gasteiger partial charge in [-0.1, -0.05) is 25.5 Å². The first-order chi connectivity index (χ1) is 12.7. The Hall–Kier alpha value is -2.76. The lowest BCUT2D eigenvalue weighted by Crippen LogP contribution is -2.37. The third-order valence-corrected chi connectivity index (χ3v) is 3.65. The number of nitrogens with zero attached hydrogens (tertiary/aromatic N) is 2. The van der Waals surface area contributed by atoms with Gasteiger partial charge in [0.15, 0.2) is 5.96 Å². The zero-order chi connectivity index (χ0) is 18.6. The van der Waals surface area contributed by atoms with Crippen LogP contribution in [0, 0.1) is 0 Å². The van der Waals surface area contributed by atoms with E-state index in [1.54, 1.807) is 13.3 Å². The standard InChI is InChI=1S/C20H28N4O2/c1-4-6-12-22-20(21-5-2)24-15-16-10-11-19(23-14-16)26-18-9-7-8-17(13-18)25-3/h7-11,13-14H,4-6,12,15H2,1-3H3,(H2,21,22,24). The predicted molar refractivity (Wildman–Crippen MR) is 105 cm³/mol. The smallest absolute Gasteiger partial charge is 0.219 e. The molecule has 6 heteroatoms. The summed E-state index contributed by atoms with van der Waals surface area (Å²) in [4.78, 5) is 8.94. The number of guanidine groups is 1. The van der Waals surface area contributed by atoms with E-state index in [-0.39, 0.29) is 0 Å². The van der Waals surface area contributed by atoms with E-state index in [4.69, 9.17) is 9.47 Å². The molecule has 2 N–H and O–H groups in total. The molecule has 2 aromatic rings. The third kappa shape index (κ3) is 6.63. The molecule has 2 rings (SSSR count). The average molecular weight is 356 g/mol. The zero-order valence-corrected chi connectivity index (χ0v) is 15.8. The number of methoxy groups -OCH3 is 1. The summed E-state index contributed by atoms with van der Waals surface area (Å²) in [6, 6.07) is 11.3. The number of nitrogens with one attached hydrogen (secondary N) is 2. The minimum absolute atomic E-state index is 0.541. The Kier molecular flexibility index (Phi) is 8.26. The predicted octanol–water partition coefficient (Wildman–Crippen LogP) is 3.74. The van der Waals surface area contributed by atoms with Crippen molar-refractivity contribution in [3.63, 3.8) is 0 Å². The van der Waals surface area contributed by atoms with Gasteiger partial charge in [0.25, 0.3) is 0 Å². The van der Waals surface area contributed by atoms with Crippen LogP contribution in [0.3, 0.4) is 0 Å². The number of aromatic nitrogens is 1. The number of unbranched alkanes of at least 4 members (excludes halogenated alkanes) is 1. The molecule has 0 spiro atoms. The van der Waals surface area contributed by atoms with Gasteiger partial charge in [0.05, 0.1) is 13.7 Å². The first-order valence-corrected chi connectivity index (χ1v) is 9.04. The van der Waals surface area contributed by atoms with Gasteiger partial charge in [0.2, 0.25) is 5.88 Å². The van der Waals surface area contributed by atoms with Crippen LogP contribution < -0.4 is 20.1 Å². The highest BCUT2D eigenvalue weighted by molar-refractivity contribution is 5.79. The SMILES string of the molecule is CCCCNC(=NCc1ccc(Oc2cccc(OC)c2)nc1)NCC. The van der Waals surface area contributed by atoms with E-state index < -0.39 is 0 Å². The van der Waals surface area contributed by atoms with Crippen molar-refractivity contribution in [2.75, 3.05) is 20.2 Å². The fourth-order valence-electron chi connectivity index (χ4n) is 2.25. The van der Waals surface area contributed by atoms with Crippen LogP contribution in [0.1, 0.15) is 32.3 Å². The Morgan fingerprint density at radius 2 is 1.96 bits per heavy atom. The van der Waals surface area contributed by atoms with Gasteiger partial charge in [0, 0.05) is 31.4 Å². The maximum Gasteiger partial charge on any atom is 0.219 e. The van der Waals surface area contributed by atoms with Crippen molar-refractivity contribution in [2.24, 2.45) is 4.99 Å². The summed E-state index contributed by atoms with van der Waals surface area (Å²) in [7, 11) is 1.63. The fraction of sp³-hybridized carbons (Fsp3) is 0.400. The van der Waals surface area contributed by atoms with Crippen molar-refractivity contribution in [1.82, 2.24) is 15.6 Å². The molecule has 1 aromatic heterocycles. The van der Waals surface area contributed by atoms with Crippen molar-refractivity contribution in [2.45, 2.75) is 33.2 Å². The second-order valence-corrected chi connectivity index (χ2v) is 5.76. The van der Waals surface area contributed by atoms with Crippen molar-refractivity contribution in [3.05, 3.63) is 48.2 Å². The second-order valence-electron chi connectivity index (χ2n) is 5.76. The molecule has 0 radical (unpaired) electrons. The molecule has 140 valence electrons. The molecule has 0 bridgehead atoms. The highest BCUT2D eigenvalue weighted by Crippen LogP contribution is 2.23. The largest absolute Gasteiger partial charge is 0.497 e. The Morgan fingerprint density at radius 3 is 2.65 bits per heavy atom. The lowest BCUT2D eigenvalue weighted by molar-refractivity contribution is 0.407. The summed E-state index contributed by atoms with van der Waals surface area (Å²) in [6.45, 7) is 6.56. The molecule has 1 aromatic carbocycles. The molecule has 0 aliphatic carbocycles. The van der Waals surface area contributed by atoms with Gasteiger partial charge in [-0.3, -0.25) is 0 Å². The number of hydrogen-bond acceptors (Lipinski definition) is 4. The molecule has 1 heterocycles. The fourth-order valence-corrected chi connectivity index (χ4v) is 2.25. The molecule has 0 aliphatic heterocycles. The number of pyridine rings is 1. The van der Waals surface area contributed by atoms with E-state index in [0.717, 1.165) is 43.2 Å². The van der Waals surface area contributed by atoms with Gasteiger partial charge in [-0.15, -0.1) is 0 Å². The van der Waals surface area contributed by atoms with Crippen LogP contribution in [0.25, 0.3) is 0 Å².